The molecular weight excluding hydrogens is 139 g/mol. The molecule has 0 bridgehead atoms. The number of hydrogen-bond acceptors (Lipinski definition) is 0. The highest BCUT2D eigenvalue weighted by atomic mass is 35.5. The molecule has 0 heterocycles. The first kappa shape index (κ1) is 6.81. The van der Waals surface area contributed by atoms with E-state index in [1.54, 1.807) is 19.1 Å². The van der Waals surface area contributed by atoms with Crippen molar-refractivity contribution in [3.05, 3.63) is 23.6 Å². The van der Waals surface area contributed by atoms with Crippen molar-refractivity contribution in [1.82, 2.24) is 0 Å². The van der Waals surface area contributed by atoms with E-state index in [2.05, 4.69) is 0 Å². The summed E-state index contributed by atoms with van der Waals surface area (Å²) < 4.78 is 12.6. The van der Waals surface area contributed by atoms with Gasteiger partial charge in [0.05, 0.1) is 5.38 Å². The molecule has 9 heavy (non-hydrogen) atoms. The Hall–Kier alpha value is -0.300. The van der Waals surface area contributed by atoms with Crippen LogP contribution in [0.2, 0.25) is 0 Å². The predicted octanol–water partition coefficient (Wildman–Crippen LogP) is 2.80. The van der Waals surface area contributed by atoms with Gasteiger partial charge in [-0.2, -0.15) is 0 Å². The smallest absolute Gasteiger partial charge is 0.105 e. The van der Waals surface area contributed by atoms with Gasteiger partial charge in [-0.15, -0.1) is 11.6 Å². The van der Waals surface area contributed by atoms with Gasteiger partial charge in [0.25, 0.3) is 0 Å². The topological polar surface area (TPSA) is 0 Å². The first-order chi connectivity index (χ1) is 4.20. The number of halogens is 2. The maximum absolute atomic E-state index is 12.6. The van der Waals surface area contributed by atoms with Crippen LogP contribution in [0.4, 0.5) is 4.39 Å². The molecule has 0 N–H and O–H groups in total. The summed E-state index contributed by atoms with van der Waals surface area (Å²) in [6.07, 6.45) is 3.88. The molecule has 0 radical (unpaired) electrons. The van der Waals surface area contributed by atoms with Gasteiger partial charge in [0, 0.05) is 6.42 Å². The Kier molecular flexibility index (Phi) is 1.91. The lowest BCUT2D eigenvalue weighted by atomic mass is 10.1. The minimum atomic E-state index is -0.145. The molecule has 0 saturated heterocycles. The second-order valence-electron chi connectivity index (χ2n) is 2.17. The van der Waals surface area contributed by atoms with Crippen molar-refractivity contribution >= 4 is 11.6 Å². The first-order valence-corrected chi connectivity index (χ1v) is 3.31. The zero-order chi connectivity index (χ0) is 6.85. The van der Waals surface area contributed by atoms with E-state index in [4.69, 9.17) is 11.6 Å². The number of hydrogen-bond donors (Lipinski definition) is 0. The van der Waals surface area contributed by atoms with Crippen LogP contribution in [0, 0.1) is 0 Å². The highest BCUT2D eigenvalue weighted by molar-refractivity contribution is 6.22. The third kappa shape index (κ3) is 1.55. The number of allylic oxidation sites excluding steroid dienone is 4. The fourth-order valence-electron chi connectivity index (χ4n) is 0.739. The highest BCUT2D eigenvalue weighted by Gasteiger charge is 2.10. The molecule has 0 nitrogen and oxygen atoms in total. The third-order valence-corrected chi connectivity index (χ3v) is 1.66. The van der Waals surface area contributed by atoms with Crippen LogP contribution in [0.5, 0.6) is 0 Å². The van der Waals surface area contributed by atoms with Gasteiger partial charge < -0.3 is 0 Å². The molecule has 1 rings (SSSR count). The molecule has 0 amide bonds. The molecule has 0 aromatic rings. The molecule has 1 aliphatic rings. The van der Waals surface area contributed by atoms with Gasteiger partial charge in [-0.3, -0.25) is 0 Å². The zero-order valence-corrected chi connectivity index (χ0v) is 5.95. The van der Waals surface area contributed by atoms with E-state index in [9.17, 15) is 4.39 Å². The van der Waals surface area contributed by atoms with E-state index in [-0.39, 0.29) is 11.2 Å². The predicted molar refractivity (Wildman–Crippen MR) is 37.2 cm³/mol. The molecule has 2 heteroatoms. The van der Waals surface area contributed by atoms with Gasteiger partial charge in [-0.25, -0.2) is 4.39 Å². The summed E-state index contributed by atoms with van der Waals surface area (Å²) in [6.45, 7) is 1.74. The van der Waals surface area contributed by atoms with Crippen LogP contribution in [0.3, 0.4) is 0 Å². The van der Waals surface area contributed by atoms with Gasteiger partial charge in [-0.1, -0.05) is 12.2 Å². The molecule has 1 atom stereocenters. The van der Waals surface area contributed by atoms with Crippen LogP contribution in [-0.4, -0.2) is 5.38 Å². The maximum atomic E-state index is 12.6. The van der Waals surface area contributed by atoms with Crippen molar-refractivity contribution in [3.8, 4) is 0 Å². The molecule has 0 fully saturated rings. The van der Waals surface area contributed by atoms with E-state index in [1.165, 1.54) is 0 Å². The largest absolute Gasteiger partial charge is 0.211 e. The normalized spacial score (nSPS) is 27.2. The number of rotatable bonds is 0. The Balaban J connectivity index is 2.75. The zero-order valence-electron chi connectivity index (χ0n) is 5.20. The Morgan fingerprint density at radius 3 is 2.89 bits per heavy atom. The second kappa shape index (κ2) is 2.53. The van der Waals surface area contributed by atoms with Crippen LogP contribution in [0.25, 0.3) is 0 Å². The Bertz CT molecular complexity index is 170. The summed E-state index contributed by atoms with van der Waals surface area (Å²) in [6, 6.07) is 0. The molecule has 0 aromatic heterocycles. The van der Waals surface area contributed by atoms with Crippen molar-refractivity contribution in [1.29, 1.82) is 0 Å². The molecule has 1 aliphatic carbocycles. The van der Waals surface area contributed by atoms with E-state index in [0.29, 0.717) is 12.0 Å². The fraction of sp³-hybridized carbons (Fsp3) is 0.429. The molecule has 1 unspecified atom stereocenters. The summed E-state index contributed by atoms with van der Waals surface area (Å²) in [4.78, 5) is 0. The summed E-state index contributed by atoms with van der Waals surface area (Å²) in [7, 11) is 0. The van der Waals surface area contributed by atoms with Gasteiger partial charge >= 0.3 is 0 Å². The van der Waals surface area contributed by atoms with E-state index >= 15 is 0 Å². The molecule has 0 spiro atoms. The monoisotopic (exact) mass is 146 g/mol. The summed E-state index contributed by atoms with van der Waals surface area (Å²) in [5.41, 5.74) is 0.701. The van der Waals surface area contributed by atoms with Crippen LogP contribution >= 0.6 is 11.6 Å². The molecule has 50 valence electrons. The van der Waals surface area contributed by atoms with Crippen LogP contribution in [0.15, 0.2) is 23.6 Å². The SMILES string of the molecule is CC1=C(F)CC(Cl)C=C1. The Morgan fingerprint density at radius 1 is 1.78 bits per heavy atom. The van der Waals surface area contributed by atoms with Gasteiger partial charge in [0.1, 0.15) is 5.83 Å². The summed E-state index contributed by atoms with van der Waals surface area (Å²) in [5, 5.41) is -0.145. The van der Waals surface area contributed by atoms with Crippen molar-refractivity contribution in [2.45, 2.75) is 18.7 Å². The summed E-state index contributed by atoms with van der Waals surface area (Å²) >= 11 is 5.62. The van der Waals surface area contributed by atoms with E-state index in [1.807, 2.05) is 0 Å². The van der Waals surface area contributed by atoms with Crippen LogP contribution in [0.1, 0.15) is 13.3 Å². The van der Waals surface area contributed by atoms with Crippen molar-refractivity contribution in [2.75, 3.05) is 0 Å². The Morgan fingerprint density at radius 2 is 2.44 bits per heavy atom. The lowest BCUT2D eigenvalue weighted by molar-refractivity contribution is 0.580. The average Bonchev–Trinajstić information content (AvgIpc) is 1.80. The second-order valence-corrected chi connectivity index (χ2v) is 2.73. The Labute approximate surface area is 59.0 Å². The molecule has 0 aromatic carbocycles. The van der Waals surface area contributed by atoms with Gasteiger partial charge in [-0.05, 0) is 12.5 Å². The number of alkyl halides is 1. The van der Waals surface area contributed by atoms with E-state index < -0.39 is 0 Å². The maximum Gasteiger partial charge on any atom is 0.105 e. The lowest BCUT2D eigenvalue weighted by Crippen LogP contribution is -1.99. The third-order valence-electron chi connectivity index (χ3n) is 1.36. The standard InChI is InChI=1S/C7H8ClF/c1-5-2-3-6(8)4-7(5)9/h2-3,6H,4H2,1H3. The van der Waals surface area contributed by atoms with Crippen LogP contribution < -0.4 is 0 Å². The first-order valence-electron chi connectivity index (χ1n) is 2.87. The summed E-state index contributed by atoms with van der Waals surface area (Å²) in [5.74, 6) is -0.0856. The van der Waals surface area contributed by atoms with Crippen LogP contribution in [-0.2, 0) is 0 Å². The minimum Gasteiger partial charge on any atom is -0.211 e. The highest BCUT2D eigenvalue weighted by Crippen LogP contribution is 2.22. The molecule has 0 saturated carbocycles. The van der Waals surface area contributed by atoms with Gasteiger partial charge in [0.15, 0.2) is 0 Å². The van der Waals surface area contributed by atoms with E-state index in [0.717, 1.165) is 0 Å². The van der Waals surface area contributed by atoms with Crippen molar-refractivity contribution in [2.24, 2.45) is 0 Å². The molecular formula is C7H8ClF. The average molecular weight is 147 g/mol. The van der Waals surface area contributed by atoms with Gasteiger partial charge in [0.2, 0.25) is 0 Å². The molecule has 0 aliphatic heterocycles. The fourth-order valence-corrected chi connectivity index (χ4v) is 0.948. The van der Waals surface area contributed by atoms with Crippen molar-refractivity contribution in [3.63, 3.8) is 0 Å². The minimum absolute atomic E-state index is 0.0856. The van der Waals surface area contributed by atoms with Crippen molar-refractivity contribution < 1.29 is 4.39 Å². The lowest BCUT2D eigenvalue weighted by Gasteiger charge is -2.08. The quantitative estimate of drug-likeness (QED) is 0.461.